The van der Waals surface area contributed by atoms with Crippen LogP contribution in [-0.4, -0.2) is 53.4 Å². The van der Waals surface area contributed by atoms with Crippen LogP contribution in [-0.2, 0) is 27.4 Å². The molecule has 0 radical (unpaired) electrons. The standard InChI is InChI=1S/C32H38F6N2O3/c1-22(23-18-25(31(33,34)35)20-26(19-23)32(36,37)38)27(41)39-30(24-6-3-2-4-7-24)11-9-28(42,10-12-30)21-40-15-13-29(14-16-40)8-5-17-43-29/h2-4,6-7,18-20,22,42H,5,8-17,21H2,1H3,(H,39,41). The van der Waals surface area contributed by atoms with Crippen LogP contribution in [0.2, 0.25) is 0 Å². The molecule has 5 nitrogen and oxygen atoms in total. The number of β-amino-alcohol motifs (C(OH)–C–C–N with tert-alkyl or cyclic N) is 1. The van der Waals surface area contributed by atoms with Crippen LogP contribution >= 0.6 is 0 Å². The first kappa shape index (κ1) is 31.8. The van der Waals surface area contributed by atoms with Gasteiger partial charge in [0.2, 0.25) is 5.91 Å². The largest absolute Gasteiger partial charge is 0.416 e. The Morgan fingerprint density at radius 3 is 2.00 bits per heavy atom. The molecule has 2 heterocycles. The van der Waals surface area contributed by atoms with Crippen molar-refractivity contribution in [3.63, 3.8) is 0 Å². The third kappa shape index (κ3) is 7.04. The Balaban J connectivity index is 1.32. The summed E-state index contributed by atoms with van der Waals surface area (Å²) >= 11 is 0. The van der Waals surface area contributed by atoms with Crippen LogP contribution in [0.15, 0.2) is 48.5 Å². The van der Waals surface area contributed by atoms with Crippen molar-refractivity contribution in [2.45, 2.75) is 93.3 Å². The van der Waals surface area contributed by atoms with E-state index in [0.717, 1.165) is 50.9 Å². The van der Waals surface area contributed by atoms with Crippen molar-refractivity contribution >= 4 is 5.91 Å². The predicted molar refractivity (Wildman–Crippen MR) is 148 cm³/mol. The minimum Gasteiger partial charge on any atom is -0.389 e. The van der Waals surface area contributed by atoms with Crippen LogP contribution in [0.25, 0.3) is 0 Å². The molecule has 0 bridgehead atoms. The van der Waals surface area contributed by atoms with Gasteiger partial charge in [0.05, 0.1) is 33.8 Å². The summed E-state index contributed by atoms with van der Waals surface area (Å²) in [6, 6.07) is 10.4. The van der Waals surface area contributed by atoms with E-state index in [1.54, 1.807) is 0 Å². The molecule has 3 fully saturated rings. The van der Waals surface area contributed by atoms with Crippen molar-refractivity contribution in [3.8, 4) is 0 Å². The van der Waals surface area contributed by atoms with Gasteiger partial charge in [0.25, 0.3) is 0 Å². The Bertz CT molecular complexity index is 1240. The van der Waals surface area contributed by atoms with Gasteiger partial charge in [-0.3, -0.25) is 4.79 Å². The van der Waals surface area contributed by atoms with Crippen LogP contribution in [0.3, 0.4) is 0 Å². The van der Waals surface area contributed by atoms with E-state index < -0.39 is 46.4 Å². The second kappa shape index (κ2) is 11.7. The Morgan fingerprint density at radius 1 is 0.907 bits per heavy atom. The van der Waals surface area contributed by atoms with Crippen molar-refractivity contribution in [1.29, 1.82) is 0 Å². The van der Waals surface area contributed by atoms with Gasteiger partial charge in [-0.15, -0.1) is 0 Å². The third-order valence-electron chi connectivity index (χ3n) is 9.70. The summed E-state index contributed by atoms with van der Waals surface area (Å²) in [5.41, 5.74) is -4.47. The third-order valence-corrected chi connectivity index (χ3v) is 9.70. The number of benzene rings is 2. The average molecular weight is 613 g/mol. The first-order valence-electron chi connectivity index (χ1n) is 14.9. The normalized spacial score (nSPS) is 27.3. The highest BCUT2D eigenvalue weighted by molar-refractivity contribution is 5.84. The van der Waals surface area contributed by atoms with E-state index in [2.05, 4.69) is 10.2 Å². The monoisotopic (exact) mass is 612 g/mol. The molecule has 3 aliphatic rings. The quantitative estimate of drug-likeness (QED) is 0.353. The van der Waals surface area contributed by atoms with Gasteiger partial charge in [0.1, 0.15) is 0 Å². The number of nitrogens with zero attached hydrogens (tertiary/aromatic N) is 1. The van der Waals surface area contributed by atoms with E-state index in [9.17, 15) is 36.2 Å². The maximum Gasteiger partial charge on any atom is 0.416 e. The van der Waals surface area contributed by atoms with Gasteiger partial charge in [-0.2, -0.15) is 26.3 Å². The van der Waals surface area contributed by atoms with Crippen LogP contribution in [0, 0.1) is 0 Å². The molecule has 1 spiro atoms. The van der Waals surface area contributed by atoms with Gasteiger partial charge in [-0.1, -0.05) is 30.3 Å². The van der Waals surface area contributed by atoms with Gasteiger partial charge in [0, 0.05) is 26.2 Å². The fourth-order valence-electron chi connectivity index (χ4n) is 6.95. The van der Waals surface area contributed by atoms with E-state index in [4.69, 9.17) is 4.74 Å². The number of carbonyl (C=O) groups is 1. The molecule has 2 N–H and O–H groups in total. The number of ether oxygens (including phenoxy) is 1. The Morgan fingerprint density at radius 2 is 1.49 bits per heavy atom. The molecule has 11 heteroatoms. The zero-order valence-electron chi connectivity index (χ0n) is 24.2. The van der Waals surface area contributed by atoms with E-state index in [1.165, 1.54) is 6.92 Å². The van der Waals surface area contributed by atoms with Crippen molar-refractivity contribution in [2.75, 3.05) is 26.2 Å². The lowest BCUT2D eigenvalue weighted by Gasteiger charge is -2.48. The SMILES string of the molecule is CC(C(=O)NC1(c2ccccc2)CCC(O)(CN2CCC3(CCCO3)CC2)CC1)c1cc(C(F)(F)F)cc(C(F)(F)F)c1. The first-order valence-corrected chi connectivity index (χ1v) is 14.9. The lowest BCUT2D eigenvalue weighted by molar-refractivity contribution is -0.143. The summed E-state index contributed by atoms with van der Waals surface area (Å²) in [6.07, 6.45) is -4.55. The smallest absolute Gasteiger partial charge is 0.389 e. The first-order chi connectivity index (χ1) is 20.1. The predicted octanol–water partition coefficient (Wildman–Crippen LogP) is 6.79. The zero-order chi connectivity index (χ0) is 31.1. The highest BCUT2D eigenvalue weighted by Crippen LogP contribution is 2.44. The Hall–Kier alpha value is -2.63. The second-order valence-corrected chi connectivity index (χ2v) is 12.6. The lowest BCUT2D eigenvalue weighted by atomic mass is 9.70. The summed E-state index contributed by atoms with van der Waals surface area (Å²) in [4.78, 5) is 15.8. The molecule has 0 aromatic heterocycles. The minimum atomic E-state index is -5.01. The number of likely N-dealkylation sites (tertiary alicyclic amines) is 1. The highest BCUT2D eigenvalue weighted by Gasteiger charge is 2.46. The van der Waals surface area contributed by atoms with E-state index in [-0.39, 0.29) is 17.2 Å². The molecular formula is C32H38F6N2O3. The molecule has 1 amide bonds. The fraction of sp³-hybridized carbons (Fsp3) is 0.594. The number of halogens is 6. The second-order valence-electron chi connectivity index (χ2n) is 12.6. The van der Waals surface area contributed by atoms with Crippen molar-refractivity contribution in [3.05, 3.63) is 70.8 Å². The van der Waals surface area contributed by atoms with Gasteiger partial charge >= 0.3 is 12.4 Å². The summed E-state index contributed by atoms with van der Waals surface area (Å²) < 4.78 is 86.8. The molecule has 2 aromatic carbocycles. The fourth-order valence-corrected chi connectivity index (χ4v) is 6.95. The van der Waals surface area contributed by atoms with Gasteiger partial charge in [-0.25, -0.2) is 0 Å². The summed E-state index contributed by atoms with van der Waals surface area (Å²) in [7, 11) is 0. The van der Waals surface area contributed by atoms with Crippen molar-refractivity contribution in [2.24, 2.45) is 0 Å². The maximum absolute atomic E-state index is 13.6. The molecule has 1 unspecified atom stereocenters. The van der Waals surface area contributed by atoms with Crippen LogP contribution in [0.5, 0.6) is 0 Å². The van der Waals surface area contributed by atoms with Gasteiger partial charge in [-0.05, 0) is 87.6 Å². The molecule has 1 atom stereocenters. The van der Waals surface area contributed by atoms with E-state index in [0.29, 0.717) is 44.4 Å². The number of rotatable bonds is 6. The van der Waals surface area contributed by atoms with E-state index in [1.807, 2.05) is 30.3 Å². The summed E-state index contributed by atoms with van der Waals surface area (Å²) in [5.74, 6) is -1.97. The molecule has 2 aromatic rings. The molecule has 5 rings (SSSR count). The number of hydrogen-bond acceptors (Lipinski definition) is 4. The van der Waals surface area contributed by atoms with Gasteiger partial charge < -0.3 is 20.1 Å². The number of alkyl halides is 6. The number of piperidine rings is 1. The zero-order valence-corrected chi connectivity index (χ0v) is 24.2. The molecule has 236 valence electrons. The number of amides is 1. The van der Waals surface area contributed by atoms with Crippen molar-refractivity contribution in [1.82, 2.24) is 10.2 Å². The molecule has 1 saturated carbocycles. The molecule has 2 saturated heterocycles. The van der Waals surface area contributed by atoms with E-state index >= 15 is 0 Å². The minimum absolute atomic E-state index is 0.0321. The number of nitrogens with one attached hydrogen (secondary N) is 1. The Kier molecular flexibility index (Phi) is 8.65. The highest BCUT2D eigenvalue weighted by atomic mass is 19.4. The van der Waals surface area contributed by atoms with Gasteiger partial charge in [0.15, 0.2) is 0 Å². The average Bonchev–Trinajstić information content (AvgIpc) is 3.42. The summed E-state index contributed by atoms with van der Waals surface area (Å²) in [5, 5.41) is 14.6. The molecule has 43 heavy (non-hydrogen) atoms. The van der Waals surface area contributed by atoms with Crippen molar-refractivity contribution < 1.29 is 41.0 Å². The van der Waals surface area contributed by atoms with Crippen LogP contribution < -0.4 is 5.32 Å². The Labute approximate surface area is 247 Å². The summed E-state index contributed by atoms with van der Waals surface area (Å²) in [6.45, 7) is 4.25. The topological polar surface area (TPSA) is 61.8 Å². The number of aliphatic hydroxyl groups is 1. The molecular weight excluding hydrogens is 574 g/mol. The molecule has 2 aliphatic heterocycles. The van der Waals surface area contributed by atoms with Crippen LogP contribution in [0.1, 0.15) is 86.5 Å². The molecule has 1 aliphatic carbocycles. The number of hydrogen-bond donors (Lipinski definition) is 2. The number of carbonyl (C=O) groups excluding carboxylic acids is 1. The maximum atomic E-state index is 13.6. The lowest BCUT2D eigenvalue weighted by Crippen LogP contribution is -2.56. The van der Waals surface area contributed by atoms with Crippen LogP contribution in [0.4, 0.5) is 26.3 Å².